The topological polar surface area (TPSA) is 84.5 Å². The van der Waals surface area contributed by atoms with E-state index in [1.807, 2.05) is 12.1 Å². The number of carbonyl (C=O) groups is 1. The number of fused-ring (bicyclic) bond motifs is 2. The molecule has 1 N–H and O–H groups in total. The van der Waals surface area contributed by atoms with Gasteiger partial charge in [0.2, 0.25) is 0 Å². The monoisotopic (exact) mass is 357 g/mol. The van der Waals surface area contributed by atoms with Crippen LogP contribution in [0.5, 0.6) is 0 Å². The Morgan fingerprint density at radius 3 is 2.88 bits per heavy atom. The number of rotatable bonds is 3. The minimum Gasteiger partial charge on any atom is -0.381 e. The molecular formula is C19H23N3O4. The number of para-hydroxylation sites is 2. The van der Waals surface area contributed by atoms with Crippen molar-refractivity contribution in [3.8, 4) is 0 Å². The van der Waals surface area contributed by atoms with Gasteiger partial charge >= 0.3 is 0 Å². The molecule has 2 heterocycles. The van der Waals surface area contributed by atoms with Gasteiger partial charge in [0, 0.05) is 20.8 Å². The fourth-order valence-corrected chi connectivity index (χ4v) is 4.43. The molecule has 2 fully saturated rings. The summed E-state index contributed by atoms with van der Waals surface area (Å²) < 4.78 is 11.4. The normalized spacial score (nSPS) is 28.3. The second kappa shape index (κ2) is 6.48. The molecule has 0 unspecified atom stereocenters. The number of likely N-dealkylation sites (tertiary alicyclic amines) is 1. The van der Waals surface area contributed by atoms with Crippen molar-refractivity contribution in [2.24, 2.45) is 0 Å². The van der Waals surface area contributed by atoms with Gasteiger partial charge in [-0.1, -0.05) is 12.1 Å². The van der Waals surface area contributed by atoms with Crippen LogP contribution in [0, 0.1) is 0 Å². The number of hydrogen-bond donors (Lipinski definition) is 1. The van der Waals surface area contributed by atoms with Crippen LogP contribution in [0.25, 0.3) is 11.0 Å². The zero-order valence-corrected chi connectivity index (χ0v) is 15.0. The molecule has 0 bridgehead atoms. The molecule has 1 saturated carbocycles. The predicted octanol–water partition coefficient (Wildman–Crippen LogP) is 1.72. The van der Waals surface area contributed by atoms with Crippen molar-refractivity contribution in [2.75, 3.05) is 20.8 Å². The largest absolute Gasteiger partial charge is 0.381 e. The highest BCUT2D eigenvalue weighted by atomic mass is 16.5. The van der Waals surface area contributed by atoms with Crippen molar-refractivity contribution in [3.63, 3.8) is 0 Å². The van der Waals surface area contributed by atoms with Crippen molar-refractivity contribution in [1.29, 1.82) is 0 Å². The fourth-order valence-electron chi connectivity index (χ4n) is 4.43. The molecule has 0 radical (unpaired) electrons. The highest BCUT2D eigenvalue weighted by Crippen LogP contribution is 2.43. The van der Waals surface area contributed by atoms with Gasteiger partial charge in [0.1, 0.15) is 0 Å². The Morgan fingerprint density at radius 2 is 2.12 bits per heavy atom. The van der Waals surface area contributed by atoms with Gasteiger partial charge in [0.05, 0.1) is 28.8 Å². The van der Waals surface area contributed by atoms with E-state index in [2.05, 4.69) is 9.97 Å². The summed E-state index contributed by atoms with van der Waals surface area (Å²) in [6.45, 7) is 0.557. The first-order valence-corrected chi connectivity index (χ1v) is 8.96. The lowest BCUT2D eigenvalue weighted by Gasteiger charge is -2.43. The Morgan fingerprint density at radius 1 is 1.31 bits per heavy atom. The van der Waals surface area contributed by atoms with E-state index in [-0.39, 0.29) is 29.3 Å². The van der Waals surface area contributed by atoms with Crippen molar-refractivity contribution < 1.29 is 14.3 Å². The maximum Gasteiger partial charge on any atom is 0.280 e. The summed E-state index contributed by atoms with van der Waals surface area (Å²) in [5.74, 6) is -0.335. The van der Waals surface area contributed by atoms with Crippen molar-refractivity contribution >= 4 is 16.9 Å². The first kappa shape index (κ1) is 17.2. The lowest BCUT2D eigenvalue weighted by molar-refractivity contribution is -0.0894. The number of aromatic nitrogens is 2. The van der Waals surface area contributed by atoms with E-state index in [1.165, 1.54) is 0 Å². The third-order valence-corrected chi connectivity index (χ3v) is 5.94. The van der Waals surface area contributed by atoms with Gasteiger partial charge in [0.15, 0.2) is 5.69 Å². The molecular weight excluding hydrogens is 334 g/mol. The highest BCUT2D eigenvalue weighted by molar-refractivity contribution is 5.94. The van der Waals surface area contributed by atoms with Crippen molar-refractivity contribution in [2.45, 2.75) is 43.4 Å². The Bertz CT molecular complexity index is 896. The van der Waals surface area contributed by atoms with Crippen LogP contribution >= 0.6 is 0 Å². The number of amides is 1. The summed E-state index contributed by atoms with van der Waals surface area (Å²) in [6, 6.07) is 7.10. The van der Waals surface area contributed by atoms with Gasteiger partial charge in [-0.25, -0.2) is 4.98 Å². The van der Waals surface area contributed by atoms with Gasteiger partial charge in [-0.15, -0.1) is 0 Å². The average molecular weight is 357 g/mol. The van der Waals surface area contributed by atoms with Gasteiger partial charge < -0.3 is 19.4 Å². The third kappa shape index (κ3) is 2.62. The minimum absolute atomic E-state index is 0.0601. The SMILES string of the molecule is CO[C@@H]1CC[C@@]2(OC)CCN(C(=O)c3nc4ccccc4[nH]c3=O)[C@H]2C1. The maximum absolute atomic E-state index is 13.2. The molecule has 2 aromatic rings. The molecule has 26 heavy (non-hydrogen) atoms. The summed E-state index contributed by atoms with van der Waals surface area (Å²) in [6.07, 6.45) is 3.33. The molecule has 1 aromatic carbocycles. The number of nitrogens with zero attached hydrogens (tertiary/aromatic N) is 2. The van der Waals surface area contributed by atoms with Crippen LogP contribution in [0.15, 0.2) is 29.1 Å². The molecule has 1 amide bonds. The molecule has 7 heteroatoms. The smallest absolute Gasteiger partial charge is 0.280 e. The Balaban J connectivity index is 1.70. The number of aromatic amines is 1. The van der Waals surface area contributed by atoms with Crippen molar-refractivity contribution in [3.05, 3.63) is 40.3 Å². The maximum atomic E-state index is 13.2. The zero-order chi connectivity index (χ0) is 18.3. The van der Waals surface area contributed by atoms with Gasteiger partial charge in [0.25, 0.3) is 11.5 Å². The second-order valence-corrected chi connectivity index (χ2v) is 7.10. The van der Waals surface area contributed by atoms with Gasteiger partial charge in [-0.05, 0) is 37.8 Å². The summed E-state index contributed by atoms with van der Waals surface area (Å²) in [5, 5.41) is 0. The predicted molar refractivity (Wildman–Crippen MR) is 96.2 cm³/mol. The number of carbonyl (C=O) groups excluding carboxylic acids is 1. The Hall–Kier alpha value is -2.25. The number of ether oxygens (including phenoxy) is 2. The van der Waals surface area contributed by atoms with Gasteiger partial charge in [-0.2, -0.15) is 0 Å². The van der Waals surface area contributed by atoms with Crippen LogP contribution in [-0.4, -0.2) is 59.3 Å². The summed E-state index contributed by atoms with van der Waals surface area (Å²) >= 11 is 0. The molecule has 3 atom stereocenters. The molecule has 1 aromatic heterocycles. The quantitative estimate of drug-likeness (QED) is 0.904. The first-order chi connectivity index (χ1) is 12.6. The van der Waals surface area contributed by atoms with E-state index < -0.39 is 5.56 Å². The van der Waals surface area contributed by atoms with E-state index in [0.29, 0.717) is 24.0 Å². The number of H-pyrrole nitrogens is 1. The summed E-state index contributed by atoms with van der Waals surface area (Å²) in [5.41, 5.74) is 0.358. The van der Waals surface area contributed by atoms with E-state index in [9.17, 15) is 9.59 Å². The van der Waals surface area contributed by atoms with Crippen molar-refractivity contribution in [1.82, 2.24) is 14.9 Å². The average Bonchev–Trinajstić information content (AvgIpc) is 3.06. The fraction of sp³-hybridized carbons (Fsp3) is 0.526. The number of nitrogens with one attached hydrogen (secondary N) is 1. The van der Waals surface area contributed by atoms with Crippen LogP contribution in [0.1, 0.15) is 36.2 Å². The molecule has 1 saturated heterocycles. The molecule has 4 rings (SSSR count). The number of methoxy groups -OCH3 is 2. The Kier molecular flexibility index (Phi) is 4.28. The van der Waals surface area contributed by atoms with Crippen LogP contribution in [0.2, 0.25) is 0 Å². The van der Waals surface area contributed by atoms with E-state index >= 15 is 0 Å². The minimum atomic E-state index is -0.456. The van der Waals surface area contributed by atoms with Crippen LogP contribution in [-0.2, 0) is 9.47 Å². The molecule has 2 aliphatic rings. The van der Waals surface area contributed by atoms with Crippen LogP contribution in [0.4, 0.5) is 0 Å². The van der Waals surface area contributed by atoms with Crippen LogP contribution < -0.4 is 5.56 Å². The van der Waals surface area contributed by atoms with Gasteiger partial charge in [-0.3, -0.25) is 9.59 Å². The molecule has 7 nitrogen and oxygen atoms in total. The third-order valence-electron chi connectivity index (χ3n) is 5.94. The standard InChI is InChI=1S/C19H23N3O4/c1-25-12-7-8-19(26-2)9-10-22(15(19)11-12)18(24)16-17(23)21-14-6-4-3-5-13(14)20-16/h3-6,12,15H,7-11H2,1-2H3,(H,21,23)/t12-,15+,19-/m1/s1. The highest BCUT2D eigenvalue weighted by Gasteiger charge is 2.53. The second-order valence-electron chi connectivity index (χ2n) is 7.10. The number of hydrogen-bond acceptors (Lipinski definition) is 5. The van der Waals surface area contributed by atoms with E-state index in [1.54, 1.807) is 31.3 Å². The zero-order valence-electron chi connectivity index (χ0n) is 15.0. The van der Waals surface area contributed by atoms with E-state index in [0.717, 1.165) is 19.3 Å². The summed E-state index contributed by atoms with van der Waals surface area (Å²) in [4.78, 5) is 34.5. The molecule has 138 valence electrons. The Labute approximate surface area is 151 Å². The van der Waals surface area contributed by atoms with Crippen LogP contribution in [0.3, 0.4) is 0 Å². The first-order valence-electron chi connectivity index (χ1n) is 8.96. The molecule has 1 aliphatic heterocycles. The lowest BCUT2D eigenvalue weighted by Crippen LogP contribution is -2.53. The molecule has 1 aliphatic carbocycles. The lowest BCUT2D eigenvalue weighted by atomic mass is 9.79. The number of benzene rings is 1. The molecule has 0 spiro atoms. The van der Waals surface area contributed by atoms with E-state index in [4.69, 9.17) is 9.47 Å². The summed E-state index contributed by atoms with van der Waals surface area (Å²) in [7, 11) is 3.40.